The first-order valence-electron chi connectivity index (χ1n) is 6.39. The molecular weight excluding hydrogens is 289 g/mol. The molecule has 2 rings (SSSR count). The van der Waals surface area contributed by atoms with Gasteiger partial charge in [-0.25, -0.2) is 12.8 Å². The fourth-order valence-corrected chi connectivity index (χ4v) is 3.56. The monoisotopic (exact) mass is 303 g/mol. The lowest BCUT2D eigenvalue weighted by atomic mass is 10.1. The number of nitriles is 1. The average molecular weight is 303 g/mol. The van der Waals surface area contributed by atoms with Crippen LogP contribution in [0.2, 0.25) is 0 Å². The second-order valence-corrected chi connectivity index (χ2v) is 7.10. The Morgan fingerprint density at radius 1 is 1.19 bits per heavy atom. The largest absolute Gasteiger partial charge is 0.228 e. The molecule has 0 fully saturated rings. The third kappa shape index (κ3) is 3.47. The summed E-state index contributed by atoms with van der Waals surface area (Å²) in [4.78, 5) is 0. The van der Waals surface area contributed by atoms with Crippen molar-refractivity contribution < 1.29 is 12.8 Å². The molecule has 0 saturated carbocycles. The van der Waals surface area contributed by atoms with Crippen LogP contribution in [-0.4, -0.2) is 8.42 Å². The summed E-state index contributed by atoms with van der Waals surface area (Å²) in [6, 6.07) is 14.2. The Kier molecular flexibility index (Phi) is 4.39. The predicted molar refractivity (Wildman–Crippen MR) is 78.6 cm³/mol. The number of benzene rings is 2. The summed E-state index contributed by atoms with van der Waals surface area (Å²) in [7, 11) is -3.56. The molecule has 0 N–H and O–H groups in total. The smallest absolute Gasteiger partial charge is 0.161 e. The molecule has 0 aliphatic heterocycles. The van der Waals surface area contributed by atoms with Gasteiger partial charge >= 0.3 is 0 Å². The van der Waals surface area contributed by atoms with Crippen molar-refractivity contribution in [2.24, 2.45) is 0 Å². The first-order valence-corrected chi connectivity index (χ1v) is 8.10. The van der Waals surface area contributed by atoms with Crippen LogP contribution in [0.25, 0.3) is 0 Å². The normalized spacial score (nSPS) is 12.6. The minimum absolute atomic E-state index is 0.161. The molecule has 0 radical (unpaired) electrons. The van der Waals surface area contributed by atoms with Crippen LogP contribution in [0.5, 0.6) is 0 Å². The van der Waals surface area contributed by atoms with Crippen molar-refractivity contribution in [3.05, 3.63) is 71.0 Å². The van der Waals surface area contributed by atoms with E-state index in [1.165, 1.54) is 31.2 Å². The summed E-state index contributed by atoms with van der Waals surface area (Å²) in [6.07, 6.45) is 0. The van der Waals surface area contributed by atoms with Gasteiger partial charge in [0.05, 0.1) is 22.6 Å². The Hall–Kier alpha value is -2.19. The lowest BCUT2D eigenvalue weighted by Crippen LogP contribution is -2.14. The van der Waals surface area contributed by atoms with Gasteiger partial charge in [-0.3, -0.25) is 0 Å². The van der Waals surface area contributed by atoms with Gasteiger partial charge in [-0.05, 0) is 30.7 Å². The summed E-state index contributed by atoms with van der Waals surface area (Å²) in [5, 5.41) is 7.89. The Morgan fingerprint density at radius 3 is 2.57 bits per heavy atom. The molecule has 0 aliphatic rings. The van der Waals surface area contributed by atoms with Crippen LogP contribution in [0.15, 0.2) is 48.5 Å². The van der Waals surface area contributed by atoms with Crippen molar-refractivity contribution in [3.63, 3.8) is 0 Å². The summed E-state index contributed by atoms with van der Waals surface area (Å²) in [6.45, 7) is 1.47. The van der Waals surface area contributed by atoms with E-state index in [1.807, 2.05) is 6.07 Å². The van der Waals surface area contributed by atoms with Crippen LogP contribution in [-0.2, 0) is 15.6 Å². The SMILES string of the molecule is CC(c1ccccc1F)S(=O)(=O)Cc1cccc(C#N)c1. The van der Waals surface area contributed by atoms with Gasteiger partial charge < -0.3 is 0 Å². The van der Waals surface area contributed by atoms with Crippen molar-refractivity contribution in [2.75, 3.05) is 0 Å². The minimum Gasteiger partial charge on any atom is -0.228 e. The first kappa shape index (κ1) is 15.2. The Balaban J connectivity index is 2.30. The molecule has 0 bridgehead atoms. The van der Waals surface area contributed by atoms with E-state index in [2.05, 4.69) is 0 Å². The van der Waals surface area contributed by atoms with Crippen molar-refractivity contribution in [1.82, 2.24) is 0 Å². The van der Waals surface area contributed by atoms with Crippen LogP contribution in [0.3, 0.4) is 0 Å². The molecule has 108 valence electrons. The number of sulfone groups is 1. The molecule has 0 spiro atoms. The second-order valence-electron chi connectivity index (χ2n) is 4.78. The zero-order chi connectivity index (χ0) is 15.5. The van der Waals surface area contributed by atoms with Crippen LogP contribution < -0.4 is 0 Å². The van der Waals surface area contributed by atoms with E-state index in [0.717, 1.165) is 0 Å². The van der Waals surface area contributed by atoms with Gasteiger partial charge in [-0.15, -0.1) is 0 Å². The molecule has 0 aliphatic carbocycles. The summed E-state index contributed by atoms with van der Waals surface area (Å²) in [5.74, 6) is -0.753. The molecule has 21 heavy (non-hydrogen) atoms. The highest BCUT2D eigenvalue weighted by Crippen LogP contribution is 2.27. The standard InChI is InChI=1S/C16H14FNO2S/c1-12(15-7-2-3-8-16(15)17)21(19,20)11-14-6-4-5-13(9-14)10-18/h2-9,12H,11H2,1H3. The third-order valence-corrected chi connectivity index (χ3v) is 5.37. The highest BCUT2D eigenvalue weighted by atomic mass is 32.2. The van der Waals surface area contributed by atoms with E-state index < -0.39 is 20.9 Å². The molecule has 0 heterocycles. The Bertz CT molecular complexity index is 794. The molecule has 5 heteroatoms. The van der Waals surface area contributed by atoms with Crippen molar-refractivity contribution in [2.45, 2.75) is 17.9 Å². The van der Waals surface area contributed by atoms with Gasteiger partial charge in [0.15, 0.2) is 9.84 Å². The molecule has 2 aromatic rings. The van der Waals surface area contributed by atoms with Gasteiger partial charge in [-0.2, -0.15) is 5.26 Å². The quantitative estimate of drug-likeness (QED) is 0.870. The Labute approximate surface area is 123 Å². The molecular formula is C16H14FNO2S. The zero-order valence-electron chi connectivity index (χ0n) is 11.5. The number of rotatable bonds is 4. The fraction of sp³-hybridized carbons (Fsp3) is 0.188. The van der Waals surface area contributed by atoms with E-state index in [0.29, 0.717) is 11.1 Å². The summed E-state index contributed by atoms with van der Waals surface area (Å²) >= 11 is 0. The van der Waals surface area contributed by atoms with Crippen molar-refractivity contribution >= 4 is 9.84 Å². The minimum atomic E-state index is -3.56. The van der Waals surface area contributed by atoms with Crippen LogP contribution in [0, 0.1) is 17.1 Å². The Morgan fingerprint density at radius 2 is 1.90 bits per heavy atom. The van der Waals surface area contributed by atoms with Crippen molar-refractivity contribution in [3.8, 4) is 6.07 Å². The lowest BCUT2D eigenvalue weighted by molar-refractivity contribution is 0.573. The average Bonchev–Trinajstić information content (AvgIpc) is 2.47. The van der Waals surface area contributed by atoms with Crippen LogP contribution in [0.4, 0.5) is 4.39 Å². The van der Waals surface area contributed by atoms with E-state index in [9.17, 15) is 12.8 Å². The van der Waals surface area contributed by atoms with Crippen molar-refractivity contribution in [1.29, 1.82) is 5.26 Å². The van der Waals surface area contributed by atoms with Gasteiger partial charge in [-0.1, -0.05) is 30.3 Å². The van der Waals surface area contributed by atoms with E-state index in [-0.39, 0.29) is 11.3 Å². The molecule has 0 saturated heterocycles. The summed E-state index contributed by atoms with van der Waals surface area (Å²) in [5.41, 5.74) is 1.09. The van der Waals surface area contributed by atoms with Gasteiger partial charge in [0.1, 0.15) is 5.82 Å². The maximum absolute atomic E-state index is 13.7. The molecule has 0 amide bonds. The van der Waals surface area contributed by atoms with Gasteiger partial charge in [0.25, 0.3) is 0 Å². The predicted octanol–water partition coefficient (Wildman–Crippen LogP) is 3.37. The van der Waals surface area contributed by atoms with E-state index in [4.69, 9.17) is 5.26 Å². The van der Waals surface area contributed by atoms with Gasteiger partial charge in [0.2, 0.25) is 0 Å². The van der Waals surface area contributed by atoms with Gasteiger partial charge in [0, 0.05) is 5.56 Å². The first-order chi connectivity index (χ1) is 9.94. The lowest BCUT2D eigenvalue weighted by Gasteiger charge is -2.14. The zero-order valence-corrected chi connectivity index (χ0v) is 12.3. The van der Waals surface area contributed by atoms with E-state index >= 15 is 0 Å². The molecule has 3 nitrogen and oxygen atoms in total. The molecule has 0 aromatic heterocycles. The maximum Gasteiger partial charge on any atom is 0.161 e. The molecule has 1 unspecified atom stereocenters. The number of nitrogens with zero attached hydrogens (tertiary/aromatic N) is 1. The van der Waals surface area contributed by atoms with Crippen LogP contribution in [0.1, 0.15) is 28.9 Å². The second kappa shape index (κ2) is 6.06. The highest BCUT2D eigenvalue weighted by molar-refractivity contribution is 7.90. The highest BCUT2D eigenvalue weighted by Gasteiger charge is 2.25. The fourth-order valence-electron chi connectivity index (χ4n) is 2.09. The number of hydrogen-bond donors (Lipinski definition) is 0. The topological polar surface area (TPSA) is 57.9 Å². The van der Waals surface area contributed by atoms with E-state index in [1.54, 1.807) is 24.3 Å². The summed E-state index contributed by atoms with van der Waals surface area (Å²) < 4.78 is 38.5. The number of hydrogen-bond acceptors (Lipinski definition) is 3. The molecule has 2 aromatic carbocycles. The maximum atomic E-state index is 13.7. The molecule has 1 atom stereocenters. The third-order valence-electron chi connectivity index (χ3n) is 3.31. The van der Waals surface area contributed by atoms with Crippen LogP contribution >= 0.6 is 0 Å². The number of halogens is 1.